The van der Waals surface area contributed by atoms with Crippen molar-refractivity contribution in [1.82, 2.24) is 9.80 Å². The van der Waals surface area contributed by atoms with Crippen molar-refractivity contribution in [2.75, 3.05) is 26.7 Å². The fraction of sp³-hybridized carbons (Fsp3) is 0.750. The molecule has 0 radical (unpaired) electrons. The van der Waals surface area contributed by atoms with E-state index >= 15 is 0 Å². The zero-order valence-corrected chi connectivity index (χ0v) is 11.6. The first kappa shape index (κ1) is 16.2. The predicted octanol–water partition coefficient (Wildman–Crippen LogP) is -0.489. The minimum atomic E-state index is -1.16. The highest BCUT2D eigenvalue weighted by Gasteiger charge is 2.40. The van der Waals surface area contributed by atoms with E-state index in [0.717, 1.165) is 4.90 Å². The van der Waals surface area contributed by atoms with Gasteiger partial charge in [0.05, 0.1) is 13.2 Å². The molecule has 0 aromatic heterocycles. The number of likely N-dealkylation sites (tertiary alicyclic amines) is 1. The molecule has 1 saturated heterocycles. The number of β-amino-alcohol motifs (C(OH)–C–C–N with tert-alkyl or cyclic N) is 1. The Hall–Kier alpha value is -1.83. The number of amides is 2. The van der Waals surface area contributed by atoms with Crippen LogP contribution >= 0.6 is 0 Å². The second-order valence-corrected chi connectivity index (χ2v) is 4.68. The van der Waals surface area contributed by atoms with Crippen molar-refractivity contribution in [1.29, 1.82) is 0 Å². The van der Waals surface area contributed by atoms with Gasteiger partial charge in [0, 0.05) is 19.5 Å². The Kier molecular flexibility index (Phi) is 5.75. The molecule has 1 heterocycles. The van der Waals surface area contributed by atoms with E-state index in [1.807, 2.05) is 6.92 Å². The highest BCUT2D eigenvalue weighted by atomic mass is 16.5. The zero-order valence-electron chi connectivity index (χ0n) is 11.6. The molecule has 114 valence electrons. The summed E-state index contributed by atoms with van der Waals surface area (Å²) in [5.74, 6) is -1.73. The van der Waals surface area contributed by atoms with Gasteiger partial charge in [-0.05, 0) is 6.42 Å². The largest absolute Gasteiger partial charge is 0.480 e. The van der Waals surface area contributed by atoms with Gasteiger partial charge in [0.1, 0.15) is 12.6 Å². The second kappa shape index (κ2) is 7.09. The number of urea groups is 1. The minimum Gasteiger partial charge on any atom is -0.480 e. The maximum absolute atomic E-state index is 12.3. The fourth-order valence-corrected chi connectivity index (χ4v) is 2.17. The molecule has 0 aromatic rings. The number of methoxy groups -OCH3 is 1. The SMILES string of the molecule is CCCN(CC(=O)OC)C(=O)N1CC(O)C[C@H]1C(=O)O. The maximum atomic E-state index is 12.3. The molecule has 2 N–H and O–H groups in total. The number of ether oxygens (including phenoxy) is 1. The molecule has 20 heavy (non-hydrogen) atoms. The van der Waals surface area contributed by atoms with E-state index < -0.39 is 30.1 Å². The Labute approximate surface area is 116 Å². The van der Waals surface area contributed by atoms with Crippen LogP contribution in [0.25, 0.3) is 0 Å². The van der Waals surface area contributed by atoms with Gasteiger partial charge >= 0.3 is 18.0 Å². The quantitative estimate of drug-likeness (QED) is 0.661. The molecule has 0 spiro atoms. The first-order valence-corrected chi connectivity index (χ1v) is 6.43. The monoisotopic (exact) mass is 288 g/mol. The molecule has 0 bridgehead atoms. The van der Waals surface area contributed by atoms with Crippen molar-refractivity contribution in [3.05, 3.63) is 0 Å². The van der Waals surface area contributed by atoms with Gasteiger partial charge in [-0.2, -0.15) is 0 Å². The van der Waals surface area contributed by atoms with Gasteiger partial charge < -0.3 is 24.7 Å². The van der Waals surface area contributed by atoms with Crippen molar-refractivity contribution in [2.24, 2.45) is 0 Å². The average Bonchev–Trinajstić information content (AvgIpc) is 2.79. The van der Waals surface area contributed by atoms with Crippen LogP contribution in [0.3, 0.4) is 0 Å². The van der Waals surface area contributed by atoms with Crippen LogP contribution in [0, 0.1) is 0 Å². The standard InChI is InChI=1S/C12H20N2O6/c1-3-4-13(7-10(16)20-2)12(19)14-6-8(15)5-9(14)11(17)18/h8-9,15H,3-7H2,1-2H3,(H,17,18)/t8?,9-/m0/s1. The third-order valence-electron chi connectivity index (χ3n) is 3.12. The summed E-state index contributed by atoms with van der Waals surface area (Å²) in [7, 11) is 1.22. The first-order valence-electron chi connectivity index (χ1n) is 6.43. The Morgan fingerprint density at radius 1 is 1.40 bits per heavy atom. The number of carbonyl (C=O) groups excluding carboxylic acids is 2. The van der Waals surface area contributed by atoms with Crippen molar-refractivity contribution in [3.63, 3.8) is 0 Å². The molecule has 2 atom stereocenters. The summed E-state index contributed by atoms with van der Waals surface area (Å²) < 4.78 is 4.52. The van der Waals surface area contributed by atoms with Crippen LogP contribution in [0.2, 0.25) is 0 Å². The lowest BCUT2D eigenvalue weighted by atomic mass is 10.2. The Morgan fingerprint density at radius 2 is 2.05 bits per heavy atom. The molecule has 2 amide bonds. The van der Waals surface area contributed by atoms with Crippen LogP contribution < -0.4 is 0 Å². The fourth-order valence-electron chi connectivity index (χ4n) is 2.17. The summed E-state index contributed by atoms with van der Waals surface area (Å²) in [4.78, 5) is 37.0. The number of hydrogen-bond acceptors (Lipinski definition) is 5. The van der Waals surface area contributed by atoms with Crippen LogP contribution in [0.1, 0.15) is 19.8 Å². The molecule has 1 fully saturated rings. The van der Waals surface area contributed by atoms with Crippen LogP contribution in [-0.2, 0) is 14.3 Å². The Balaban J connectivity index is 2.82. The lowest BCUT2D eigenvalue weighted by Gasteiger charge is -2.29. The molecule has 0 saturated carbocycles. The summed E-state index contributed by atoms with van der Waals surface area (Å²) >= 11 is 0. The van der Waals surface area contributed by atoms with E-state index in [-0.39, 0.29) is 19.5 Å². The average molecular weight is 288 g/mol. The van der Waals surface area contributed by atoms with Gasteiger partial charge in [-0.1, -0.05) is 6.92 Å². The number of carbonyl (C=O) groups is 3. The van der Waals surface area contributed by atoms with Crippen LogP contribution in [0.4, 0.5) is 4.79 Å². The van der Waals surface area contributed by atoms with E-state index in [9.17, 15) is 19.5 Å². The van der Waals surface area contributed by atoms with Gasteiger partial charge in [-0.25, -0.2) is 9.59 Å². The summed E-state index contributed by atoms with van der Waals surface area (Å²) in [6.45, 7) is 1.87. The van der Waals surface area contributed by atoms with Crippen molar-refractivity contribution in [3.8, 4) is 0 Å². The number of hydrogen-bond donors (Lipinski definition) is 2. The topological polar surface area (TPSA) is 107 Å². The third-order valence-corrected chi connectivity index (χ3v) is 3.12. The number of aliphatic carboxylic acids is 1. The van der Waals surface area contributed by atoms with Gasteiger partial charge in [0.25, 0.3) is 0 Å². The molecular weight excluding hydrogens is 268 g/mol. The summed E-state index contributed by atoms with van der Waals surface area (Å²) in [6.07, 6.45) is -0.238. The smallest absolute Gasteiger partial charge is 0.326 e. The first-order chi connectivity index (χ1) is 9.40. The number of esters is 1. The van der Waals surface area contributed by atoms with Crippen molar-refractivity contribution in [2.45, 2.75) is 31.9 Å². The number of carboxylic acids is 1. The number of carboxylic acid groups (broad SMARTS) is 1. The maximum Gasteiger partial charge on any atom is 0.326 e. The van der Waals surface area contributed by atoms with Gasteiger partial charge in [0.15, 0.2) is 0 Å². The van der Waals surface area contributed by atoms with E-state index in [4.69, 9.17) is 5.11 Å². The van der Waals surface area contributed by atoms with Gasteiger partial charge in [0.2, 0.25) is 0 Å². The number of nitrogens with zero attached hydrogens (tertiary/aromatic N) is 2. The van der Waals surface area contributed by atoms with Gasteiger partial charge in [-0.3, -0.25) is 4.79 Å². The predicted molar refractivity (Wildman–Crippen MR) is 68.0 cm³/mol. The number of aliphatic hydroxyl groups is 1. The normalized spacial score (nSPS) is 21.6. The molecule has 1 unspecified atom stereocenters. The summed E-state index contributed by atoms with van der Waals surface area (Å²) in [5.41, 5.74) is 0. The minimum absolute atomic E-state index is 0.000732. The lowest BCUT2D eigenvalue weighted by Crippen LogP contribution is -2.50. The van der Waals surface area contributed by atoms with Gasteiger partial charge in [-0.15, -0.1) is 0 Å². The molecule has 1 aliphatic heterocycles. The van der Waals surface area contributed by atoms with Crippen molar-refractivity contribution >= 4 is 18.0 Å². The lowest BCUT2D eigenvalue weighted by molar-refractivity contribution is -0.141. The summed E-state index contributed by atoms with van der Waals surface area (Å²) in [5, 5.41) is 18.6. The Morgan fingerprint density at radius 3 is 2.55 bits per heavy atom. The third kappa shape index (κ3) is 3.83. The van der Waals surface area contributed by atoms with Crippen LogP contribution in [0.5, 0.6) is 0 Å². The second-order valence-electron chi connectivity index (χ2n) is 4.68. The molecule has 8 nitrogen and oxygen atoms in total. The molecule has 0 aliphatic carbocycles. The molecule has 8 heteroatoms. The van der Waals surface area contributed by atoms with Crippen molar-refractivity contribution < 1.29 is 29.3 Å². The Bertz CT molecular complexity index is 386. The van der Waals surface area contributed by atoms with Crippen LogP contribution in [-0.4, -0.2) is 76.9 Å². The molecule has 0 aromatic carbocycles. The highest BCUT2D eigenvalue weighted by molar-refractivity contribution is 5.86. The van der Waals surface area contributed by atoms with E-state index in [0.29, 0.717) is 13.0 Å². The van der Waals surface area contributed by atoms with E-state index in [1.54, 1.807) is 0 Å². The van der Waals surface area contributed by atoms with E-state index in [2.05, 4.69) is 4.74 Å². The molecule has 1 rings (SSSR count). The summed E-state index contributed by atoms with van der Waals surface area (Å²) in [6, 6.07) is -1.63. The molecule has 1 aliphatic rings. The van der Waals surface area contributed by atoms with E-state index in [1.165, 1.54) is 12.0 Å². The molecular formula is C12H20N2O6. The zero-order chi connectivity index (χ0) is 15.3. The highest BCUT2D eigenvalue weighted by Crippen LogP contribution is 2.20. The van der Waals surface area contributed by atoms with Crippen LogP contribution in [0.15, 0.2) is 0 Å². The number of rotatable bonds is 5. The number of aliphatic hydroxyl groups excluding tert-OH is 1.